The molecule has 42 heavy (non-hydrogen) atoms. The molecule has 3 N–H and O–H groups in total. The van der Waals surface area contributed by atoms with E-state index in [0.717, 1.165) is 0 Å². The van der Waals surface area contributed by atoms with E-state index in [9.17, 15) is 25.9 Å². The van der Waals surface area contributed by atoms with Gasteiger partial charge in [-0.05, 0) is 35.4 Å². The molecule has 1 aromatic heterocycles. The maximum atomic E-state index is 13.2. The molecule has 0 bridgehead atoms. The van der Waals surface area contributed by atoms with Crippen LogP contribution in [-0.2, 0) is 25.0 Å². The second kappa shape index (κ2) is 12.3. The van der Waals surface area contributed by atoms with Crippen LogP contribution in [0.3, 0.4) is 0 Å². The number of nitrogens with zero attached hydrogens (tertiary/aromatic N) is 5. The molecular weight excluding hydrogens is 584 g/mol. The van der Waals surface area contributed by atoms with E-state index in [4.69, 9.17) is 4.74 Å². The molecule has 3 aromatic carbocycles. The van der Waals surface area contributed by atoms with Crippen LogP contribution in [0.5, 0.6) is 0 Å². The lowest BCUT2D eigenvalue weighted by molar-refractivity contribution is 0.0369. The third-order valence-corrected chi connectivity index (χ3v) is 8.14. The number of hydrogen-bond acceptors (Lipinski definition) is 11. The smallest absolute Gasteiger partial charge is 0.297 e. The van der Waals surface area contributed by atoms with Crippen LogP contribution in [0.1, 0.15) is 11.1 Å². The summed E-state index contributed by atoms with van der Waals surface area (Å²) in [6.45, 7) is 1.39. The summed E-state index contributed by atoms with van der Waals surface area (Å²) in [6.07, 6.45) is 5.21. The van der Waals surface area contributed by atoms with Crippen LogP contribution in [0.4, 0.5) is 23.0 Å². The quantitative estimate of drug-likeness (QED) is 0.185. The van der Waals surface area contributed by atoms with Gasteiger partial charge >= 0.3 is 0 Å². The molecule has 0 amide bonds. The molecule has 13 nitrogen and oxygen atoms in total. The van der Waals surface area contributed by atoms with Crippen molar-refractivity contribution < 1.29 is 30.7 Å². The topological polar surface area (TPSA) is 175 Å². The summed E-state index contributed by atoms with van der Waals surface area (Å²) in [5, 5.41) is 6.50. The lowest BCUT2D eigenvalue weighted by Crippen LogP contribution is -2.48. The third-order valence-electron chi connectivity index (χ3n) is 6.26. The fourth-order valence-electron chi connectivity index (χ4n) is 4.47. The first kappa shape index (κ1) is 29.2. The van der Waals surface area contributed by atoms with Gasteiger partial charge in [-0.15, -0.1) is 0 Å². The Balaban J connectivity index is 1.77. The molecule has 2 heterocycles. The summed E-state index contributed by atoms with van der Waals surface area (Å²) in [7, 11) is -9.51. The van der Waals surface area contributed by atoms with E-state index in [1.807, 2.05) is 6.07 Å². The maximum absolute atomic E-state index is 13.2. The predicted molar refractivity (Wildman–Crippen MR) is 156 cm³/mol. The minimum Gasteiger partial charge on any atom is -0.379 e. The third kappa shape index (κ3) is 6.62. The van der Waals surface area contributed by atoms with Gasteiger partial charge < -0.3 is 10.1 Å². The lowest BCUT2D eigenvalue weighted by Gasteiger charge is -2.38. The first-order valence-corrected chi connectivity index (χ1v) is 15.5. The highest BCUT2D eigenvalue weighted by Gasteiger charge is 2.33. The zero-order chi connectivity index (χ0) is 29.7. The molecule has 0 saturated carbocycles. The Hall–Kier alpha value is -4.25. The highest BCUT2D eigenvalue weighted by Crippen LogP contribution is 2.42. The van der Waals surface area contributed by atoms with Crippen LogP contribution in [-0.4, -0.2) is 72.2 Å². The summed E-state index contributed by atoms with van der Waals surface area (Å²) in [5.74, 6) is 0.0887. The molecule has 15 heteroatoms. The van der Waals surface area contributed by atoms with Crippen LogP contribution in [0.15, 0.2) is 89.2 Å². The minimum absolute atomic E-state index is 0.0136. The Morgan fingerprint density at radius 1 is 0.810 bits per heavy atom. The molecule has 0 spiro atoms. The molecule has 0 aliphatic carbocycles. The van der Waals surface area contributed by atoms with Gasteiger partial charge in [0.25, 0.3) is 20.2 Å². The van der Waals surface area contributed by atoms with Gasteiger partial charge in [-0.25, -0.2) is 15.0 Å². The zero-order valence-electron chi connectivity index (χ0n) is 22.0. The van der Waals surface area contributed by atoms with Gasteiger partial charge in [0, 0.05) is 18.8 Å². The van der Waals surface area contributed by atoms with Crippen LogP contribution in [0, 0.1) is 0 Å². The van der Waals surface area contributed by atoms with E-state index < -0.39 is 25.1 Å². The Morgan fingerprint density at radius 3 is 2.12 bits per heavy atom. The summed E-state index contributed by atoms with van der Waals surface area (Å²) in [4.78, 5) is 11.6. The number of benzene rings is 3. The molecule has 1 aliphatic heterocycles. The summed E-state index contributed by atoms with van der Waals surface area (Å²) in [6, 6.07) is 17.8. The van der Waals surface area contributed by atoms with Crippen molar-refractivity contribution in [3.63, 3.8) is 0 Å². The second-order valence-electron chi connectivity index (χ2n) is 9.01. The standard InChI is InChI=1S/C27H26N6O7S2/c34-41(35,36)24-9-5-4-6-20(24)10-11-21-12-13-23(31-22-7-2-1-3-8-22)25(26(21)42(37,38)39)33(27-29-18-28-19-30-27)32-14-16-40-17-15-32/h1-13,18-19,31H,14-17H2,(H,34,35,36)(H,37,38,39). The van der Waals surface area contributed by atoms with Gasteiger partial charge in [0.15, 0.2) is 0 Å². The van der Waals surface area contributed by atoms with Crippen molar-refractivity contribution in [3.05, 3.63) is 90.5 Å². The normalized spacial score (nSPS) is 14.6. The van der Waals surface area contributed by atoms with Gasteiger partial charge in [0.1, 0.15) is 28.1 Å². The van der Waals surface area contributed by atoms with Crippen LogP contribution in [0.25, 0.3) is 12.2 Å². The second-order valence-corrected chi connectivity index (χ2v) is 11.8. The molecule has 4 aromatic rings. The van der Waals surface area contributed by atoms with Crippen molar-refractivity contribution in [1.82, 2.24) is 20.0 Å². The average molecular weight is 611 g/mol. The molecule has 5 rings (SSSR count). The van der Waals surface area contributed by atoms with Gasteiger partial charge in [-0.1, -0.05) is 54.6 Å². The lowest BCUT2D eigenvalue weighted by atomic mass is 10.1. The van der Waals surface area contributed by atoms with Crippen LogP contribution in [0.2, 0.25) is 0 Å². The predicted octanol–water partition coefficient (Wildman–Crippen LogP) is 3.66. The highest BCUT2D eigenvalue weighted by atomic mass is 32.2. The number of hydrogen-bond donors (Lipinski definition) is 3. The molecular formula is C27H26N6O7S2. The molecule has 1 saturated heterocycles. The van der Waals surface area contributed by atoms with Crippen molar-refractivity contribution in [1.29, 1.82) is 0 Å². The number of para-hydroxylation sites is 1. The Kier molecular flexibility index (Phi) is 8.58. The Labute approximate surface area is 242 Å². The molecule has 0 atom stereocenters. The van der Waals surface area contributed by atoms with E-state index >= 15 is 0 Å². The van der Waals surface area contributed by atoms with E-state index in [1.165, 1.54) is 54.1 Å². The number of ether oxygens (including phenoxy) is 1. The molecule has 0 unspecified atom stereocenters. The van der Waals surface area contributed by atoms with Crippen molar-refractivity contribution in [3.8, 4) is 0 Å². The highest BCUT2D eigenvalue weighted by molar-refractivity contribution is 7.86. The monoisotopic (exact) mass is 610 g/mol. The Bertz CT molecular complexity index is 1800. The van der Waals surface area contributed by atoms with Crippen molar-refractivity contribution in [2.45, 2.75) is 9.79 Å². The number of hydrazine groups is 1. The minimum atomic E-state index is -4.94. The van der Waals surface area contributed by atoms with Crippen molar-refractivity contribution >= 4 is 55.4 Å². The summed E-state index contributed by atoms with van der Waals surface area (Å²) < 4.78 is 76.0. The first-order valence-electron chi connectivity index (χ1n) is 12.6. The maximum Gasteiger partial charge on any atom is 0.297 e. The van der Waals surface area contributed by atoms with Gasteiger partial charge in [-0.2, -0.15) is 26.8 Å². The number of anilines is 4. The molecule has 1 aliphatic rings. The van der Waals surface area contributed by atoms with Crippen LogP contribution < -0.4 is 10.3 Å². The molecule has 1 fully saturated rings. The fourth-order valence-corrected chi connectivity index (χ4v) is 6.03. The molecule has 0 radical (unpaired) electrons. The van der Waals surface area contributed by atoms with E-state index in [2.05, 4.69) is 20.3 Å². The zero-order valence-corrected chi connectivity index (χ0v) is 23.6. The molecule has 218 valence electrons. The summed E-state index contributed by atoms with van der Waals surface area (Å²) in [5.41, 5.74) is 1.10. The van der Waals surface area contributed by atoms with E-state index in [1.54, 1.807) is 41.4 Å². The van der Waals surface area contributed by atoms with E-state index in [-0.39, 0.29) is 27.7 Å². The first-order chi connectivity index (χ1) is 20.1. The largest absolute Gasteiger partial charge is 0.379 e. The Morgan fingerprint density at radius 2 is 1.45 bits per heavy atom. The van der Waals surface area contributed by atoms with Crippen molar-refractivity contribution in [2.75, 3.05) is 36.6 Å². The number of morpholine rings is 1. The fraction of sp³-hybridized carbons (Fsp3) is 0.148. The van der Waals surface area contributed by atoms with Gasteiger partial charge in [-0.3, -0.25) is 9.11 Å². The number of nitrogens with one attached hydrogen (secondary N) is 1. The van der Waals surface area contributed by atoms with E-state index in [0.29, 0.717) is 37.7 Å². The number of aromatic nitrogens is 3. The van der Waals surface area contributed by atoms with Crippen LogP contribution >= 0.6 is 0 Å². The summed E-state index contributed by atoms with van der Waals surface area (Å²) >= 11 is 0. The van der Waals surface area contributed by atoms with Crippen molar-refractivity contribution in [2.24, 2.45) is 0 Å². The number of rotatable bonds is 9. The van der Waals surface area contributed by atoms with Gasteiger partial charge in [0.2, 0.25) is 5.95 Å². The van der Waals surface area contributed by atoms with Gasteiger partial charge in [0.05, 0.1) is 18.9 Å². The average Bonchev–Trinajstić information content (AvgIpc) is 2.98. The SMILES string of the molecule is O=S(=O)(O)c1ccccc1C=Cc1ccc(Nc2ccccc2)c(N(c2ncncn2)N2CCOCC2)c1S(=O)(=O)O.